The first kappa shape index (κ1) is 16.4. The summed E-state index contributed by atoms with van der Waals surface area (Å²) in [5, 5.41) is 6.49. The van der Waals surface area contributed by atoms with Gasteiger partial charge in [-0.05, 0) is 56.8 Å². The minimum absolute atomic E-state index is 0.0430. The summed E-state index contributed by atoms with van der Waals surface area (Å²) in [4.78, 5) is 20.1. The van der Waals surface area contributed by atoms with E-state index in [4.69, 9.17) is 5.73 Å². The van der Waals surface area contributed by atoms with Crippen molar-refractivity contribution in [3.8, 4) is 10.7 Å². The van der Waals surface area contributed by atoms with Gasteiger partial charge in [0.2, 0.25) is 0 Å². The van der Waals surface area contributed by atoms with Gasteiger partial charge in [-0.15, -0.1) is 16.4 Å². The Balaban J connectivity index is 2.07. The lowest BCUT2D eigenvalue weighted by atomic mass is 10.2. The highest BCUT2D eigenvalue weighted by molar-refractivity contribution is 7.13. The Labute approximate surface area is 144 Å². The van der Waals surface area contributed by atoms with Gasteiger partial charge < -0.3 is 10.6 Å². The van der Waals surface area contributed by atoms with Crippen molar-refractivity contribution in [3.05, 3.63) is 34.7 Å². The molecule has 0 aliphatic heterocycles. The predicted octanol–water partition coefficient (Wildman–Crippen LogP) is 3.22. The van der Waals surface area contributed by atoms with E-state index < -0.39 is 0 Å². The molecular formula is C17H21N5OS. The fourth-order valence-electron chi connectivity index (χ4n) is 2.74. The maximum atomic E-state index is 12.7. The molecule has 6 nitrogen and oxygen atoms in total. The van der Waals surface area contributed by atoms with Crippen molar-refractivity contribution in [1.29, 1.82) is 0 Å². The van der Waals surface area contributed by atoms with Gasteiger partial charge in [-0.1, -0.05) is 0 Å². The molecule has 1 amide bonds. The second kappa shape index (κ2) is 6.24. The molecule has 0 atom stereocenters. The van der Waals surface area contributed by atoms with Crippen LogP contribution in [0.15, 0.2) is 23.6 Å². The van der Waals surface area contributed by atoms with Crippen LogP contribution < -0.4 is 5.73 Å². The summed E-state index contributed by atoms with van der Waals surface area (Å²) in [5.41, 5.74) is 8.36. The Kier molecular flexibility index (Phi) is 4.28. The molecule has 3 rings (SSSR count). The van der Waals surface area contributed by atoms with Crippen molar-refractivity contribution in [2.75, 3.05) is 12.3 Å². The van der Waals surface area contributed by atoms with Gasteiger partial charge in [0.05, 0.1) is 4.88 Å². The van der Waals surface area contributed by atoms with Gasteiger partial charge >= 0.3 is 0 Å². The quantitative estimate of drug-likeness (QED) is 0.789. The molecule has 0 fully saturated rings. The average Bonchev–Trinajstić information content (AvgIpc) is 3.13. The molecule has 3 aromatic heterocycles. The normalized spacial score (nSPS) is 11.4. The largest absolute Gasteiger partial charge is 0.384 e. The first-order valence-corrected chi connectivity index (χ1v) is 8.82. The highest BCUT2D eigenvalue weighted by atomic mass is 32.1. The van der Waals surface area contributed by atoms with E-state index in [1.165, 1.54) is 0 Å². The monoisotopic (exact) mass is 343 g/mol. The molecule has 0 bridgehead atoms. The maximum absolute atomic E-state index is 12.7. The summed E-state index contributed by atoms with van der Waals surface area (Å²) in [6, 6.07) is 5.58. The van der Waals surface area contributed by atoms with Crippen LogP contribution >= 0.6 is 11.3 Å². The van der Waals surface area contributed by atoms with E-state index >= 15 is 0 Å². The van der Waals surface area contributed by atoms with Crippen LogP contribution in [0.1, 0.15) is 36.7 Å². The second-order valence-electron chi connectivity index (χ2n) is 5.99. The number of thiophene rings is 1. The minimum Gasteiger partial charge on any atom is -0.384 e. The number of rotatable bonds is 4. The van der Waals surface area contributed by atoms with Crippen LogP contribution in [0.3, 0.4) is 0 Å². The fraction of sp³-hybridized carbons (Fsp3) is 0.353. The molecule has 0 unspecified atom stereocenters. The molecule has 3 heterocycles. The average molecular weight is 343 g/mol. The molecule has 0 aliphatic carbocycles. The Morgan fingerprint density at radius 1 is 1.42 bits per heavy atom. The van der Waals surface area contributed by atoms with Crippen molar-refractivity contribution in [2.45, 2.75) is 33.7 Å². The number of fused-ring (bicyclic) bond motifs is 1. The van der Waals surface area contributed by atoms with Gasteiger partial charge in [0, 0.05) is 18.2 Å². The topological polar surface area (TPSA) is 76.5 Å². The second-order valence-corrected chi connectivity index (χ2v) is 6.91. The highest BCUT2D eigenvalue weighted by Gasteiger charge is 2.20. The van der Waals surface area contributed by atoms with Crippen LogP contribution in [0, 0.1) is 6.92 Å². The Morgan fingerprint density at radius 2 is 2.17 bits per heavy atom. The third kappa shape index (κ3) is 2.75. The number of hydrogen-bond acceptors (Lipinski definition) is 5. The summed E-state index contributed by atoms with van der Waals surface area (Å²) < 4.78 is 1.58. The standard InChI is InChI=1S/C17H21N5OS/c1-5-21(10(2)3)17(23)12-8-13(18)22-14(9-12)19-16(20-22)15-11(4)6-7-24-15/h6-10H,5,18H2,1-4H3. The Hall–Kier alpha value is -2.41. The number of aromatic nitrogens is 3. The zero-order valence-corrected chi connectivity index (χ0v) is 15.1. The summed E-state index contributed by atoms with van der Waals surface area (Å²) in [6.07, 6.45) is 0. The van der Waals surface area contributed by atoms with E-state index in [0.29, 0.717) is 29.4 Å². The van der Waals surface area contributed by atoms with Gasteiger partial charge in [0.1, 0.15) is 5.82 Å². The molecule has 24 heavy (non-hydrogen) atoms. The molecule has 0 radical (unpaired) electrons. The van der Waals surface area contributed by atoms with E-state index in [1.807, 2.05) is 39.1 Å². The van der Waals surface area contributed by atoms with Gasteiger partial charge in [0.15, 0.2) is 11.5 Å². The number of nitrogens with zero attached hydrogens (tertiary/aromatic N) is 4. The molecule has 0 spiro atoms. The zero-order chi connectivity index (χ0) is 17.4. The number of anilines is 1. The van der Waals surface area contributed by atoms with Crippen LogP contribution in [0.25, 0.3) is 16.3 Å². The molecule has 0 aromatic carbocycles. The number of hydrogen-bond donors (Lipinski definition) is 1. The molecule has 7 heteroatoms. The van der Waals surface area contributed by atoms with Crippen LogP contribution in [0.2, 0.25) is 0 Å². The van der Waals surface area contributed by atoms with Crippen LogP contribution in [0.4, 0.5) is 5.82 Å². The van der Waals surface area contributed by atoms with Gasteiger partial charge in [-0.25, -0.2) is 4.98 Å². The minimum atomic E-state index is -0.0430. The first-order chi connectivity index (χ1) is 11.4. The molecule has 0 saturated heterocycles. The van der Waals surface area contributed by atoms with Crippen molar-refractivity contribution in [1.82, 2.24) is 19.5 Å². The van der Waals surface area contributed by atoms with Crippen molar-refractivity contribution < 1.29 is 4.79 Å². The van der Waals surface area contributed by atoms with Crippen molar-refractivity contribution in [3.63, 3.8) is 0 Å². The summed E-state index contributed by atoms with van der Waals surface area (Å²) in [6.45, 7) is 8.64. The SMILES string of the molecule is CCN(C(=O)c1cc(N)n2nc(-c3sccc3C)nc2c1)C(C)C. The molecule has 126 valence electrons. The summed E-state index contributed by atoms with van der Waals surface area (Å²) in [5.74, 6) is 0.997. The lowest BCUT2D eigenvalue weighted by Crippen LogP contribution is -2.36. The number of amides is 1. The lowest BCUT2D eigenvalue weighted by Gasteiger charge is -2.25. The first-order valence-electron chi connectivity index (χ1n) is 7.94. The number of aryl methyl sites for hydroxylation is 1. The van der Waals surface area contributed by atoms with Gasteiger partial charge in [-0.3, -0.25) is 4.79 Å². The van der Waals surface area contributed by atoms with Crippen molar-refractivity contribution >= 4 is 28.7 Å². The van der Waals surface area contributed by atoms with E-state index in [2.05, 4.69) is 10.1 Å². The molecule has 0 aliphatic rings. The zero-order valence-electron chi connectivity index (χ0n) is 14.3. The predicted molar refractivity (Wildman–Crippen MR) is 97.3 cm³/mol. The molecule has 0 saturated carbocycles. The molecule has 3 aromatic rings. The van der Waals surface area contributed by atoms with E-state index in [0.717, 1.165) is 10.4 Å². The van der Waals surface area contributed by atoms with Crippen LogP contribution in [0.5, 0.6) is 0 Å². The summed E-state index contributed by atoms with van der Waals surface area (Å²) >= 11 is 1.59. The number of carbonyl (C=O) groups is 1. The number of nitrogens with two attached hydrogens (primary N) is 1. The molecular weight excluding hydrogens is 322 g/mol. The van der Waals surface area contributed by atoms with E-state index in [9.17, 15) is 4.79 Å². The van der Waals surface area contributed by atoms with Crippen molar-refractivity contribution in [2.24, 2.45) is 0 Å². The fourth-order valence-corrected chi connectivity index (χ4v) is 3.59. The third-order valence-corrected chi connectivity index (χ3v) is 5.01. The number of carbonyl (C=O) groups excluding carboxylic acids is 1. The van der Waals surface area contributed by atoms with E-state index in [1.54, 1.807) is 32.9 Å². The maximum Gasteiger partial charge on any atom is 0.254 e. The third-order valence-electron chi connectivity index (χ3n) is 4.00. The molecule has 2 N–H and O–H groups in total. The van der Waals surface area contributed by atoms with Crippen LogP contribution in [-0.2, 0) is 0 Å². The van der Waals surface area contributed by atoms with Gasteiger partial charge in [-0.2, -0.15) is 4.52 Å². The Bertz CT molecular complexity index is 896. The highest BCUT2D eigenvalue weighted by Crippen LogP contribution is 2.27. The number of pyridine rings is 1. The lowest BCUT2D eigenvalue weighted by molar-refractivity contribution is 0.0717. The summed E-state index contributed by atoms with van der Waals surface area (Å²) in [7, 11) is 0. The number of nitrogen functional groups attached to an aromatic ring is 1. The van der Waals surface area contributed by atoms with Gasteiger partial charge in [0.25, 0.3) is 5.91 Å². The van der Waals surface area contributed by atoms with E-state index in [-0.39, 0.29) is 11.9 Å². The van der Waals surface area contributed by atoms with Crippen LogP contribution in [-0.4, -0.2) is 38.0 Å². The smallest absolute Gasteiger partial charge is 0.254 e. The Morgan fingerprint density at radius 3 is 2.75 bits per heavy atom.